The molecule has 0 saturated carbocycles. The first-order chi connectivity index (χ1) is 8.92. The maximum atomic E-state index is 12.2. The summed E-state index contributed by atoms with van der Waals surface area (Å²) in [6.45, 7) is 1.31. The third kappa shape index (κ3) is 3.55. The maximum Gasteiger partial charge on any atom is 0.236 e. The molecular formula is C11H13BrCl2N2O2S. The summed E-state index contributed by atoms with van der Waals surface area (Å²) in [6.07, 6.45) is 1.49. The monoisotopic (exact) mass is 386 g/mol. The van der Waals surface area contributed by atoms with Gasteiger partial charge in [0.25, 0.3) is 0 Å². The topological polar surface area (TPSA) is 58.2 Å². The third-order valence-corrected chi connectivity index (χ3v) is 6.53. The van der Waals surface area contributed by atoms with E-state index in [-0.39, 0.29) is 5.02 Å². The van der Waals surface area contributed by atoms with E-state index in [2.05, 4.69) is 26.0 Å². The van der Waals surface area contributed by atoms with E-state index in [0.29, 0.717) is 28.1 Å². The molecule has 0 bridgehead atoms. The lowest BCUT2D eigenvalue weighted by atomic mass is 10.2. The molecule has 8 heteroatoms. The molecule has 1 aromatic rings. The Morgan fingerprint density at radius 2 is 2.05 bits per heavy atom. The molecule has 0 amide bonds. The van der Waals surface area contributed by atoms with Gasteiger partial charge in [-0.15, -0.1) is 0 Å². The zero-order valence-corrected chi connectivity index (χ0v) is 13.8. The summed E-state index contributed by atoms with van der Waals surface area (Å²) in [5.41, 5.74) is 0.306. The first kappa shape index (κ1) is 15.4. The number of halogens is 3. The van der Waals surface area contributed by atoms with Crippen LogP contribution in [0.5, 0.6) is 0 Å². The van der Waals surface area contributed by atoms with Gasteiger partial charge in [-0.25, -0.2) is 8.42 Å². The summed E-state index contributed by atoms with van der Waals surface area (Å²) in [5, 5.41) is 3.12. The normalized spacial score (nSPS) is 20.3. The van der Waals surface area contributed by atoms with Gasteiger partial charge in [-0.05, 0) is 47.4 Å². The van der Waals surface area contributed by atoms with Crippen LogP contribution in [0.2, 0.25) is 10.0 Å². The molecule has 19 heavy (non-hydrogen) atoms. The van der Waals surface area contributed by atoms with Crippen molar-refractivity contribution in [1.29, 1.82) is 0 Å². The van der Waals surface area contributed by atoms with Gasteiger partial charge in [-0.1, -0.05) is 23.2 Å². The summed E-state index contributed by atoms with van der Waals surface area (Å²) in [6, 6.07) is 3.25. The number of benzene rings is 1. The Morgan fingerprint density at radius 3 is 2.68 bits per heavy atom. The van der Waals surface area contributed by atoms with Gasteiger partial charge in [-0.3, -0.25) is 4.72 Å². The minimum absolute atomic E-state index is 0.198. The van der Waals surface area contributed by atoms with Gasteiger partial charge in [0.15, 0.2) is 0 Å². The molecule has 0 aromatic heterocycles. The van der Waals surface area contributed by atoms with E-state index in [4.69, 9.17) is 23.2 Å². The first-order valence-electron chi connectivity index (χ1n) is 5.77. The third-order valence-electron chi connectivity index (χ3n) is 2.98. The summed E-state index contributed by atoms with van der Waals surface area (Å²) >= 11 is 15.2. The number of hydrogen-bond acceptors (Lipinski definition) is 3. The molecule has 1 atom stereocenters. The van der Waals surface area contributed by atoms with Crippen molar-refractivity contribution in [3.8, 4) is 0 Å². The van der Waals surface area contributed by atoms with E-state index in [9.17, 15) is 8.42 Å². The van der Waals surface area contributed by atoms with Crippen molar-refractivity contribution in [3.63, 3.8) is 0 Å². The van der Waals surface area contributed by atoms with Crippen LogP contribution in [-0.2, 0) is 10.0 Å². The SMILES string of the molecule is O=S(=O)(Nc1ccc(Br)c(Cl)c1Cl)C1CCCNC1. The number of anilines is 1. The van der Waals surface area contributed by atoms with Gasteiger partial charge in [0.1, 0.15) is 0 Å². The van der Waals surface area contributed by atoms with Gasteiger partial charge in [0.05, 0.1) is 21.0 Å². The standard InChI is InChI=1S/C11H13BrCl2N2O2S/c12-8-3-4-9(11(14)10(8)13)16-19(17,18)7-2-1-5-15-6-7/h3-4,7,15-16H,1-2,5-6H2. The molecule has 1 saturated heterocycles. The summed E-state index contributed by atoms with van der Waals surface area (Å²) in [4.78, 5) is 0. The summed E-state index contributed by atoms with van der Waals surface area (Å²) < 4.78 is 27.6. The lowest BCUT2D eigenvalue weighted by Gasteiger charge is -2.23. The second-order valence-electron chi connectivity index (χ2n) is 4.34. The smallest absolute Gasteiger partial charge is 0.236 e. The Morgan fingerprint density at radius 1 is 1.32 bits per heavy atom. The Hall–Kier alpha value is -0.0100. The van der Waals surface area contributed by atoms with Crippen LogP contribution < -0.4 is 10.0 Å². The fourth-order valence-electron chi connectivity index (χ4n) is 1.93. The molecule has 1 unspecified atom stereocenters. The zero-order valence-electron chi connectivity index (χ0n) is 9.92. The average Bonchev–Trinajstić information content (AvgIpc) is 2.40. The molecular weight excluding hydrogens is 375 g/mol. The maximum absolute atomic E-state index is 12.2. The van der Waals surface area contributed by atoms with Crippen LogP contribution in [-0.4, -0.2) is 26.8 Å². The van der Waals surface area contributed by atoms with Crippen molar-refractivity contribution in [1.82, 2.24) is 5.32 Å². The van der Waals surface area contributed by atoms with Crippen LogP contribution in [0.3, 0.4) is 0 Å². The van der Waals surface area contributed by atoms with Crippen molar-refractivity contribution < 1.29 is 8.42 Å². The number of hydrogen-bond donors (Lipinski definition) is 2. The highest BCUT2D eigenvalue weighted by molar-refractivity contribution is 9.10. The number of sulfonamides is 1. The summed E-state index contributed by atoms with van der Waals surface area (Å²) in [7, 11) is -3.46. The highest BCUT2D eigenvalue weighted by Crippen LogP contribution is 2.36. The number of nitrogens with one attached hydrogen (secondary N) is 2. The van der Waals surface area contributed by atoms with Crippen LogP contribution in [0.25, 0.3) is 0 Å². The van der Waals surface area contributed by atoms with E-state index >= 15 is 0 Å². The minimum Gasteiger partial charge on any atom is -0.315 e. The van der Waals surface area contributed by atoms with Crippen molar-refractivity contribution in [2.75, 3.05) is 17.8 Å². The highest BCUT2D eigenvalue weighted by atomic mass is 79.9. The van der Waals surface area contributed by atoms with Gasteiger partial charge in [-0.2, -0.15) is 0 Å². The molecule has 0 spiro atoms. The van der Waals surface area contributed by atoms with Crippen LogP contribution in [0.4, 0.5) is 5.69 Å². The van der Waals surface area contributed by atoms with Crippen LogP contribution >= 0.6 is 39.1 Å². The Kier molecular flexibility index (Phi) is 5.00. The molecule has 0 aliphatic carbocycles. The van der Waals surface area contributed by atoms with Crippen LogP contribution in [0.15, 0.2) is 16.6 Å². The van der Waals surface area contributed by atoms with Crippen molar-refractivity contribution >= 4 is 54.8 Å². The van der Waals surface area contributed by atoms with Crippen molar-refractivity contribution in [3.05, 3.63) is 26.7 Å². The second-order valence-corrected chi connectivity index (χ2v) is 7.91. The average molecular weight is 388 g/mol. The Labute approximate surface area is 131 Å². The van der Waals surface area contributed by atoms with Crippen LogP contribution in [0.1, 0.15) is 12.8 Å². The van der Waals surface area contributed by atoms with Crippen LogP contribution in [0, 0.1) is 0 Å². The molecule has 106 valence electrons. The molecule has 1 aliphatic heterocycles. The van der Waals surface area contributed by atoms with E-state index < -0.39 is 15.3 Å². The molecule has 0 radical (unpaired) electrons. The minimum atomic E-state index is -3.46. The second kappa shape index (κ2) is 6.18. The first-order valence-corrected chi connectivity index (χ1v) is 8.87. The highest BCUT2D eigenvalue weighted by Gasteiger charge is 2.28. The fraction of sp³-hybridized carbons (Fsp3) is 0.455. The predicted molar refractivity (Wildman–Crippen MR) is 82.6 cm³/mol. The summed E-state index contributed by atoms with van der Waals surface area (Å²) in [5.74, 6) is 0. The molecule has 1 fully saturated rings. The molecule has 1 aliphatic rings. The zero-order chi connectivity index (χ0) is 14.0. The Bertz CT molecular complexity index is 574. The molecule has 2 N–H and O–H groups in total. The fourth-order valence-corrected chi connectivity index (χ4v) is 4.26. The lowest BCUT2D eigenvalue weighted by Crippen LogP contribution is -2.41. The van der Waals surface area contributed by atoms with Gasteiger partial charge < -0.3 is 5.32 Å². The van der Waals surface area contributed by atoms with E-state index in [1.54, 1.807) is 12.1 Å². The largest absolute Gasteiger partial charge is 0.315 e. The van der Waals surface area contributed by atoms with E-state index in [1.807, 2.05) is 0 Å². The van der Waals surface area contributed by atoms with Gasteiger partial charge in [0, 0.05) is 11.0 Å². The lowest BCUT2D eigenvalue weighted by molar-refractivity contribution is 0.499. The quantitative estimate of drug-likeness (QED) is 0.782. The van der Waals surface area contributed by atoms with Gasteiger partial charge in [0.2, 0.25) is 10.0 Å². The van der Waals surface area contributed by atoms with E-state index in [1.165, 1.54) is 0 Å². The number of piperidine rings is 1. The molecule has 4 nitrogen and oxygen atoms in total. The molecule has 1 aromatic carbocycles. The molecule has 2 rings (SSSR count). The Balaban J connectivity index is 2.23. The molecule has 1 heterocycles. The van der Waals surface area contributed by atoms with Gasteiger partial charge >= 0.3 is 0 Å². The predicted octanol–water partition coefficient (Wildman–Crippen LogP) is 3.25. The van der Waals surface area contributed by atoms with E-state index in [0.717, 1.165) is 13.0 Å². The van der Waals surface area contributed by atoms with Crippen molar-refractivity contribution in [2.45, 2.75) is 18.1 Å². The number of rotatable bonds is 3. The van der Waals surface area contributed by atoms with Crippen molar-refractivity contribution in [2.24, 2.45) is 0 Å².